The van der Waals surface area contributed by atoms with Crippen LogP contribution in [0.15, 0.2) is 22.7 Å². The molecule has 2 atom stereocenters. The molecule has 1 saturated heterocycles. The molecule has 0 aromatic heterocycles. The van der Waals surface area contributed by atoms with Crippen molar-refractivity contribution in [2.75, 3.05) is 18.0 Å². The van der Waals surface area contributed by atoms with E-state index in [2.05, 4.69) is 40.0 Å². The minimum Gasteiger partial charge on any atom is -0.360 e. The number of hydrogen-bond donors (Lipinski definition) is 1. The molecule has 0 bridgehead atoms. The van der Waals surface area contributed by atoms with Crippen LogP contribution in [0.25, 0.3) is 0 Å². The van der Waals surface area contributed by atoms with Gasteiger partial charge in [0.05, 0.1) is 4.92 Å². The molecule has 1 N–H and O–H groups in total. The molecule has 5 nitrogen and oxygen atoms in total. The fraction of sp³-hybridized carbons (Fsp3) is 0.500. The van der Waals surface area contributed by atoms with Crippen LogP contribution in [0.5, 0.6) is 0 Å². The van der Waals surface area contributed by atoms with Crippen LogP contribution in [0.1, 0.15) is 13.8 Å². The normalized spacial score (nSPS) is 24.1. The number of halogens is 1. The number of nitro benzene ring substituents is 1. The lowest BCUT2D eigenvalue weighted by molar-refractivity contribution is -0.384. The molecule has 1 aliphatic heterocycles. The van der Waals surface area contributed by atoms with Gasteiger partial charge in [0.25, 0.3) is 5.69 Å². The number of nitrogens with one attached hydrogen (secondary N) is 1. The molecular weight excluding hydrogens is 298 g/mol. The van der Waals surface area contributed by atoms with E-state index in [0.29, 0.717) is 11.7 Å². The highest BCUT2D eigenvalue weighted by atomic mass is 79.9. The van der Waals surface area contributed by atoms with Crippen LogP contribution >= 0.6 is 15.9 Å². The Morgan fingerprint density at radius 1 is 1.50 bits per heavy atom. The third-order valence-electron chi connectivity index (χ3n) is 3.21. The Morgan fingerprint density at radius 3 is 2.89 bits per heavy atom. The minimum absolute atomic E-state index is 0.158. The molecule has 18 heavy (non-hydrogen) atoms. The summed E-state index contributed by atoms with van der Waals surface area (Å²) in [6, 6.07) is 5.82. The second kappa shape index (κ2) is 5.24. The number of hydrogen-bond acceptors (Lipinski definition) is 4. The van der Waals surface area contributed by atoms with Crippen LogP contribution < -0.4 is 10.2 Å². The van der Waals surface area contributed by atoms with Gasteiger partial charge in [-0.3, -0.25) is 10.1 Å². The van der Waals surface area contributed by atoms with Crippen molar-refractivity contribution < 1.29 is 4.92 Å². The summed E-state index contributed by atoms with van der Waals surface area (Å²) in [4.78, 5) is 12.9. The van der Waals surface area contributed by atoms with Gasteiger partial charge < -0.3 is 10.2 Å². The molecule has 0 saturated carbocycles. The molecule has 2 unspecified atom stereocenters. The van der Waals surface area contributed by atoms with Crippen molar-refractivity contribution >= 4 is 27.3 Å². The zero-order chi connectivity index (χ0) is 13.3. The molecule has 0 amide bonds. The van der Waals surface area contributed by atoms with Crippen molar-refractivity contribution in [3.63, 3.8) is 0 Å². The highest BCUT2D eigenvalue weighted by Crippen LogP contribution is 2.33. The summed E-state index contributed by atoms with van der Waals surface area (Å²) in [5.74, 6) is 0. The lowest BCUT2D eigenvalue weighted by Crippen LogP contribution is -2.54. The summed E-state index contributed by atoms with van der Waals surface area (Å²) in [5.41, 5.74) is 0.856. The van der Waals surface area contributed by atoms with Crippen LogP contribution in [0.4, 0.5) is 11.4 Å². The van der Waals surface area contributed by atoms with Gasteiger partial charge in [0.2, 0.25) is 0 Å². The molecular formula is C12H16BrN3O2. The Bertz CT molecular complexity index is 467. The average molecular weight is 314 g/mol. The molecule has 1 aromatic carbocycles. The molecule has 0 spiro atoms. The number of piperazine rings is 1. The van der Waals surface area contributed by atoms with Gasteiger partial charge in [0.15, 0.2) is 0 Å². The fourth-order valence-electron chi connectivity index (χ4n) is 2.24. The highest BCUT2D eigenvalue weighted by molar-refractivity contribution is 9.10. The maximum absolute atomic E-state index is 11.1. The first kappa shape index (κ1) is 13.3. The quantitative estimate of drug-likeness (QED) is 0.673. The van der Waals surface area contributed by atoms with E-state index in [1.807, 2.05) is 12.1 Å². The smallest absolute Gasteiger partial charge is 0.293 e. The molecule has 1 aliphatic rings. The van der Waals surface area contributed by atoms with Gasteiger partial charge in [-0.2, -0.15) is 0 Å². The van der Waals surface area contributed by atoms with Gasteiger partial charge in [-0.05, 0) is 26.0 Å². The number of anilines is 1. The first-order chi connectivity index (χ1) is 8.49. The predicted molar refractivity (Wildman–Crippen MR) is 75.1 cm³/mol. The van der Waals surface area contributed by atoms with Gasteiger partial charge >= 0.3 is 0 Å². The highest BCUT2D eigenvalue weighted by Gasteiger charge is 2.27. The van der Waals surface area contributed by atoms with Crippen molar-refractivity contribution in [2.45, 2.75) is 25.9 Å². The van der Waals surface area contributed by atoms with E-state index in [4.69, 9.17) is 0 Å². The van der Waals surface area contributed by atoms with E-state index >= 15 is 0 Å². The predicted octanol–water partition coefficient (Wildman–Crippen LogP) is 2.54. The fourth-order valence-corrected chi connectivity index (χ4v) is 2.59. The minimum atomic E-state index is -0.320. The zero-order valence-electron chi connectivity index (χ0n) is 10.4. The molecule has 6 heteroatoms. The summed E-state index contributed by atoms with van der Waals surface area (Å²) in [6.45, 7) is 5.78. The van der Waals surface area contributed by atoms with Gasteiger partial charge in [0, 0.05) is 35.7 Å². The summed E-state index contributed by atoms with van der Waals surface area (Å²) < 4.78 is 0.730. The van der Waals surface area contributed by atoms with Crippen molar-refractivity contribution in [3.8, 4) is 0 Å². The monoisotopic (exact) mass is 313 g/mol. The van der Waals surface area contributed by atoms with E-state index < -0.39 is 0 Å². The van der Waals surface area contributed by atoms with Crippen molar-refractivity contribution in [2.24, 2.45) is 0 Å². The Balaban J connectivity index is 2.40. The first-order valence-electron chi connectivity index (χ1n) is 5.93. The molecule has 1 fully saturated rings. The number of nitrogens with zero attached hydrogens (tertiary/aromatic N) is 2. The van der Waals surface area contributed by atoms with Gasteiger partial charge in [-0.15, -0.1) is 0 Å². The second-order valence-electron chi connectivity index (χ2n) is 4.70. The van der Waals surface area contributed by atoms with Crippen LogP contribution in [0.3, 0.4) is 0 Å². The maximum Gasteiger partial charge on any atom is 0.293 e. The topological polar surface area (TPSA) is 58.4 Å². The standard InChI is InChI=1S/C12H16BrN3O2/c1-8-7-15(9(2)6-14-8)11-4-3-10(13)5-12(11)16(17)18/h3-5,8-9,14H,6-7H2,1-2H3. The van der Waals surface area contributed by atoms with Gasteiger partial charge in [-0.25, -0.2) is 0 Å². The first-order valence-corrected chi connectivity index (χ1v) is 6.72. The summed E-state index contributed by atoms with van der Waals surface area (Å²) >= 11 is 3.28. The molecule has 0 radical (unpaired) electrons. The summed E-state index contributed by atoms with van der Waals surface area (Å²) in [5, 5.41) is 14.5. The van der Waals surface area contributed by atoms with Crippen molar-refractivity contribution in [1.29, 1.82) is 0 Å². The summed E-state index contributed by atoms with van der Waals surface area (Å²) in [6.07, 6.45) is 0. The van der Waals surface area contributed by atoms with Crippen LogP contribution in [-0.4, -0.2) is 30.1 Å². The van der Waals surface area contributed by atoms with Crippen LogP contribution in [-0.2, 0) is 0 Å². The molecule has 98 valence electrons. The van der Waals surface area contributed by atoms with E-state index in [1.165, 1.54) is 0 Å². The Hall–Kier alpha value is -1.14. The number of nitro groups is 1. The Morgan fingerprint density at radius 2 is 2.22 bits per heavy atom. The van der Waals surface area contributed by atoms with Gasteiger partial charge in [0.1, 0.15) is 5.69 Å². The SMILES string of the molecule is CC1CN(c2ccc(Br)cc2[N+](=O)[O-])C(C)CN1. The lowest BCUT2D eigenvalue weighted by Gasteiger charge is -2.38. The Labute approximate surface area is 114 Å². The van der Waals surface area contributed by atoms with Crippen molar-refractivity contribution in [3.05, 3.63) is 32.8 Å². The largest absolute Gasteiger partial charge is 0.360 e. The third-order valence-corrected chi connectivity index (χ3v) is 3.70. The van der Waals surface area contributed by atoms with Crippen LogP contribution in [0, 0.1) is 10.1 Å². The molecule has 0 aliphatic carbocycles. The Kier molecular flexibility index (Phi) is 3.87. The van der Waals surface area contributed by atoms with Gasteiger partial charge in [-0.1, -0.05) is 15.9 Å². The summed E-state index contributed by atoms with van der Waals surface area (Å²) in [7, 11) is 0. The second-order valence-corrected chi connectivity index (χ2v) is 5.62. The average Bonchev–Trinajstić information content (AvgIpc) is 2.32. The third kappa shape index (κ3) is 2.64. The lowest BCUT2D eigenvalue weighted by atomic mass is 10.1. The number of rotatable bonds is 2. The van der Waals surface area contributed by atoms with Crippen molar-refractivity contribution in [1.82, 2.24) is 5.32 Å². The molecule has 1 heterocycles. The van der Waals surface area contributed by atoms with E-state index in [-0.39, 0.29) is 16.7 Å². The molecule has 2 rings (SSSR count). The van der Waals surface area contributed by atoms with Crippen LogP contribution in [0.2, 0.25) is 0 Å². The van der Waals surface area contributed by atoms with E-state index in [1.54, 1.807) is 6.07 Å². The van der Waals surface area contributed by atoms with E-state index in [0.717, 1.165) is 17.6 Å². The molecule has 1 aromatic rings. The number of benzene rings is 1. The zero-order valence-corrected chi connectivity index (χ0v) is 12.0. The van der Waals surface area contributed by atoms with E-state index in [9.17, 15) is 10.1 Å². The maximum atomic E-state index is 11.1.